The lowest BCUT2D eigenvalue weighted by Crippen LogP contribution is -2.15. The zero-order chi connectivity index (χ0) is 16.3. The van der Waals surface area contributed by atoms with Crippen molar-refractivity contribution < 1.29 is 22.3 Å². The molecule has 5 nitrogen and oxygen atoms in total. The second-order valence-corrected chi connectivity index (χ2v) is 6.21. The van der Waals surface area contributed by atoms with Crippen molar-refractivity contribution in [2.24, 2.45) is 0 Å². The van der Waals surface area contributed by atoms with Crippen LogP contribution in [-0.2, 0) is 10.0 Å². The van der Waals surface area contributed by atoms with Gasteiger partial charge in [0, 0.05) is 0 Å². The number of ether oxygens (including phenoxy) is 2. The van der Waals surface area contributed by atoms with E-state index in [1.165, 1.54) is 32.4 Å². The molecule has 2 aromatic rings. The molecule has 0 bridgehead atoms. The summed E-state index contributed by atoms with van der Waals surface area (Å²) in [6.45, 7) is 1.59. The Kier molecular flexibility index (Phi) is 4.56. The third-order valence-electron chi connectivity index (χ3n) is 3.09. The van der Waals surface area contributed by atoms with Gasteiger partial charge in [0.2, 0.25) is 0 Å². The van der Waals surface area contributed by atoms with Crippen LogP contribution in [0.15, 0.2) is 41.3 Å². The number of methoxy groups -OCH3 is 2. The summed E-state index contributed by atoms with van der Waals surface area (Å²) in [5, 5.41) is 0. The summed E-state index contributed by atoms with van der Waals surface area (Å²) >= 11 is 0. The van der Waals surface area contributed by atoms with Crippen molar-refractivity contribution in [2.45, 2.75) is 11.8 Å². The van der Waals surface area contributed by atoms with Crippen molar-refractivity contribution in [1.29, 1.82) is 0 Å². The number of hydrogen-bond acceptors (Lipinski definition) is 4. The Hall–Kier alpha value is -2.28. The maximum absolute atomic E-state index is 13.3. The number of rotatable bonds is 5. The highest BCUT2D eigenvalue weighted by Gasteiger charge is 2.21. The molecule has 7 heteroatoms. The molecule has 0 spiro atoms. The molecule has 0 fully saturated rings. The first-order chi connectivity index (χ1) is 10.4. The summed E-state index contributed by atoms with van der Waals surface area (Å²) in [7, 11) is -1.09. The molecule has 0 saturated carbocycles. The summed E-state index contributed by atoms with van der Waals surface area (Å²) in [6.07, 6.45) is 0. The van der Waals surface area contributed by atoms with E-state index in [1.807, 2.05) is 0 Å². The van der Waals surface area contributed by atoms with Crippen molar-refractivity contribution in [3.63, 3.8) is 0 Å². The van der Waals surface area contributed by atoms with Gasteiger partial charge in [-0.2, -0.15) is 0 Å². The van der Waals surface area contributed by atoms with E-state index in [2.05, 4.69) is 4.72 Å². The van der Waals surface area contributed by atoms with Crippen LogP contribution in [-0.4, -0.2) is 22.6 Å². The molecule has 0 amide bonds. The lowest BCUT2D eigenvalue weighted by Gasteiger charge is -2.15. The average molecular weight is 325 g/mol. The van der Waals surface area contributed by atoms with Gasteiger partial charge in [-0.15, -0.1) is 0 Å². The van der Waals surface area contributed by atoms with Crippen LogP contribution in [0.2, 0.25) is 0 Å². The van der Waals surface area contributed by atoms with Crippen molar-refractivity contribution in [1.82, 2.24) is 0 Å². The van der Waals surface area contributed by atoms with Crippen molar-refractivity contribution >= 4 is 15.7 Å². The summed E-state index contributed by atoms with van der Waals surface area (Å²) in [5.41, 5.74) is 0.654. The summed E-state index contributed by atoms with van der Waals surface area (Å²) in [5.74, 6) is 0.0184. The number of halogens is 1. The minimum absolute atomic E-state index is 0.127. The average Bonchev–Trinajstić information content (AvgIpc) is 2.48. The second kappa shape index (κ2) is 6.23. The predicted molar refractivity (Wildman–Crippen MR) is 81.5 cm³/mol. The number of hydrogen-bond donors (Lipinski definition) is 1. The first-order valence-electron chi connectivity index (χ1n) is 6.39. The van der Waals surface area contributed by atoms with E-state index in [4.69, 9.17) is 9.47 Å². The SMILES string of the molecule is COc1cccc(NS(=O)(=O)c2cc(F)ccc2C)c1OC. The van der Waals surface area contributed by atoms with Crippen molar-refractivity contribution in [3.05, 3.63) is 47.8 Å². The van der Waals surface area contributed by atoms with Gasteiger partial charge in [0.15, 0.2) is 11.5 Å². The monoisotopic (exact) mass is 325 g/mol. The molecule has 0 atom stereocenters. The van der Waals surface area contributed by atoms with E-state index in [-0.39, 0.29) is 16.3 Å². The topological polar surface area (TPSA) is 64.6 Å². The zero-order valence-electron chi connectivity index (χ0n) is 12.4. The van der Waals surface area contributed by atoms with Gasteiger partial charge < -0.3 is 9.47 Å². The summed E-state index contributed by atoms with van der Waals surface area (Å²) < 4.78 is 51.0. The fourth-order valence-corrected chi connectivity index (χ4v) is 3.35. The molecule has 22 heavy (non-hydrogen) atoms. The quantitative estimate of drug-likeness (QED) is 0.918. The van der Waals surface area contributed by atoms with Gasteiger partial charge in [-0.1, -0.05) is 12.1 Å². The van der Waals surface area contributed by atoms with E-state index >= 15 is 0 Å². The Labute approximate surface area is 128 Å². The van der Waals surface area contributed by atoms with Gasteiger partial charge in [0.05, 0.1) is 24.8 Å². The lowest BCUT2D eigenvalue weighted by molar-refractivity contribution is 0.356. The largest absolute Gasteiger partial charge is 0.493 e. The maximum Gasteiger partial charge on any atom is 0.262 e. The molecule has 2 rings (SSSR count). The van der Waals surface area contributed by atoms with E-state index in [0.29, 0.717) is 11.3 Å². The minimum atomic E-state index is -3.95. The Bertz CT molecular complexity index is 790. The van der Waals surface area contributed by atoms with Crippen molar-refractivity contribution in [2.75, 3.05) is 18.9 Å². The van der Waals surface area contributed by atoms with Crippen LogP contribution in [0, 0.1) is 12.7 Å². The molecule has 0 aliphatic rings. The Morgan fingerprint density at radius 2 is 1.82 bits per heavy atom. The van der Waals surface area contributed by atoms with E-state index in [1.54, 1.807) is 19.1 Å². The minimum Gasteiger partial charge on any atom is -0.493 e. The van der Waals surface area contributed by atoms with Gasteiger partial charge in [-0.05, 0) is 36.8 Å². The first kappa shape index (κ1) is 16.1. The molecule has 118 valence electrons. The fourth-order valence-electron chi connectivity index (χ4n) is 2.03. The van der Waals surface area contributed by atoms with Crippen molar-refractivity contribution in [3.8, 4) is 11.5 Å². The van der Waals surface area contributed by atoms with Gasteiger partial charge in [-0.25, -0.2) is 12.8 Å². The standard InChI is InChI=1S/C15H16FNO4S/c1-10-7-8-11(16)9-14(10)22(18,19)17-12-5-4-6-13(20-2)15(12)21-3/h4-9,17H,1-3H3. The number of aryl methyl sites for hydroxylation is 1. The van der Waals surface area contributed by atoms with Crippen LogP contribution >= 0.6 is 0 Å². The number of para-hydroxylation sites is 1. The second-order valence-electron chi connectivity index (χ2n) is 4.56. The van der Waals surface area contributed by atoms with Gasteiger partial charge in [0.25, 0.3) is 10.0 Å². The zero-order valence-corrected chi connectivity index (χ0v) is 13.2. The van der Waals surface area contributed by atoms with Gasteiger partial charge in [0.1, 0.15) is 5.82 Å². The Morgan fingerprint density at radius 3 is 2.45 bits per heavy atom. The molecule has 0 aliphatic heterocycles. The number of anilines is 1. The Morgan fingerprint density at radius 1 is 1.09 bits per heavy atom. The molecular weight excluding hydrogens is 309 g/mol. The summed E-state index contributed by atoms with van der Waals surface area (Å²) in [6, 6.07) is 8.40. The van der Waals surface area contributed by atoms with Crippen LogP contribution in [0.4, 0.5) is 10.1 Å². The highest BCUT2D eigenvalue weighted by molar-refractivity contribution is 7.92. The molecule has 2 aromatic carbocycles. The highest BCUT2D eigenvalue weighted by atomic mass is 32.2. The molecule has 0 radical (unpaired) electrons. The first-order valence-corrected chi connectivity index (χ1v) is 7.87. The van der Waals surface area contributed by atoms with Crippen LogP contribution < -0.4 is 14.2 Å². The third kappa shape index (κ3) is 3.14. The van der Waals surface area contributed by atoms with Crippen LogP contribution in [0.3, 0.4) is 0 Å². The van der Waals surface area contributed by atoms with Crippen LogP contribution in [0.25, 0.3) is 0 Å². The van der Waals surface area contributed by atoms with Crippen LogP contribution in [0.1, 0.15) is 5.56 Å². The molecule has 0 saturated heterocycles. The molecule has 0 unspecified atom stereocenters. The number of nitrogens with one attached hydrogen (secondary N) is 1. The predicted octanol–water partition coefficient (Wildman–Crippen LogP) is 2.95. The van der Waals surface area contributed by atoms with Crippen LogP contribution in [0.5, 0.6) is 11.5 Å². The molecule has 0 heterocycles. The molecule has 0 aromatic heterocycles. The van der Waals surface area contributed by atoms with E-state index in [0.717, 1.165) is 6.07 Å². The number of benzene rings is 2. The molecule has 1 N–H and O–H groups in total. The van der Waals surface area contributed by atoms with Gasteiger partial charge >= 0.3 is 0 Å². The normalized spacial score (nSPS) is 11.1. The van der Waals surface area contributed by atoms with Gasteiger partial charge in [-0.3, -0.25) is 4.72 Å². The Balaban J connectivity index is 2.48. The fraction of sp³-hybridized carbons (Fsp3) is 0.200. The third-order valence-corrected chi connectivity index (χ3v) is 4.59. The smallest absolute Gasteiger partial charge is 0.262 e. The highest BCUT2D eigenvalue weighted by Crippen LogP contribution is 2.36. The maximum atomic E-state index is 13.3. The lowest BCUT2D eigenvalue weighted by atomic mass is 10.2. The van der Waals surface area contributed by atoms with E-state index < -0.39 is 15.8 Å². The molecular formula is C15H16FNO4S. The summed E-state index contributed by atoms with van der Waals surface area (Å²) in [4.78, 5) is -0.127. The number of sulfonamides is 1. The molecule has 0 aliphatic carbocycles. The van der Waals surface area contributed by atoms with E-state index in [9.17, 15) is 12.8 Å².